The van der Waals surface area contributed by atoms with Gasteiger partial charge in [0, 0.05) is 24.6 Å². The van der Waals surface area contributed by atoms with Gasteiger partial charge in [0.15, 0.2) is 0 Å². The Hall–Kier alpha value is -1.29. The molecule has 1 aliphatic carbocycles. The standard InChI is InChI=1S/C16H27N3O/c1-5-10-17-14-8-7-9-15(19-14)18-12-11-13(20-6-2)16(12,3)4/h7-9,12-13H,5-6,10-11H2,1-4H3,(H2,17,18,19). The summed E-state index contributed by atoms with van der Waals surface area (Å²) in [7, 11) is 0. The minimum absolute atomic E-state index is 0.157. The third kappa shape index (κ3) is 3.23. The molecule has 4 heteroatoms. The Morgan fingerprint density at radius 3 is 2.70 bits per heavy atom. The smallest absolute Gasteiger partial charge is 0.128 e. The molecule has 1 heterocycles. The molecular weight excluding hydrogens is 250 g/mol. The molecule has 0 bridgehead atoms. The number of hydrogen-bond acceptors (Lipinski definition) is 4. The highest BCUT2D eigenvalue weighted by Gasteiger charge is 2.48. The van der Waals surface area contributed by atoms with E-state index in [1.807, 2.05) is 18.2 Å². The lowest BCUT2D eigenvalue weighted by molar-refractivity contribution is -0.0976. The average Bonchev–Trinajstić information content (AvgIpc) is 2.44. The molecule has 0 radical (unpaired) electrons. The molecule has 2 unspecified atom stereocenters. The number of hydrogen-bond donors (Lipinski definition) is 2. The van der Waals surface area contributed by atoms with E-state index in [0.29, 0.717) is 12.1 Å². The molecular formula is C16H27N3O. The topological polar surface area (TPSA) is 46.2 Å². The molecule has 4 nitrogen and oxygen atoms in total. The third-order valence-corrected chi connectivity index (χ3v) is 4.17. The van der Waals surface area contributed by atoms with Crippen molar-refractivity contribution in [1.82, 2.24) is 4.98 Å². The second-order valence-electron chi connectivity index (χ2n) is 6.03. The van der Waals surface area contributed by atoms with Gasteiger partial charge in [0.25, 0.3) is 0 Å². The van der Waals surface area contributed by atoms with Crippen LogP contribution in [0.5, 0.6) is 0 Å². The summed E-state index contributed by atoms with van der Waals surface area (Å²) in [6.45, 7) is 10.5. The van der Waals surface area contributed by atoms with Gasteiger partial charge in [0.2, 0.25) is 0 Å². The summed E-state index contributed by atoms with van der Waals surface area (Å²) in [6, 6.07) is 6.50. The van der Waals surface area contributed by atoms with Gasteiger partial charge in [-0.25, -0.2) is 4.98 Å². The first-order valence-corrected chi connectivity index (χ1v) is 7.67. The summed E-state index contributed by atoms with van der Waals surface area (Å²) in [6.07, 6.45) is 2.51. The Balaban J connectivity index is 1.94. The maximum Gasteiger partial charge on any atom is 0.128 e. The van der Waals surface area contributed by atoms with E-state index in [-0.39, 0.29) is 5.41 Å². The summed E-state index contributed by atoms with van der Waals surface area (Å²) in [4.78, 5) is 4.61. The molecule has 2 N–H and O–H groups in total. The molecule has 20 heavy (non-hydrogen) atoms. The first-order chi connectivity index (χ1) is 9.57. The minimum Gasteiger partial charge on any atom is -0.378 e. The fraction of sp³-hybridized carbons (Fsp3) is 0.688. The van der Waals surface area contributed by atoms with E-state index in [1.165, 1.54) is 0 Å². The molecule has 0 amide bonds. The maximum absolute atomic E-state index is 5.77. The SMILES string of the molecule is CCCNc1cccc(NC2CC(OCC)C2(C)C)n1. The third-order valence-electron chi connectivity index (χ3n) is 4.17. The Morgan fingerprint density at radius 2 is 2.05 bits per heavy atom. The minimum atomic E-state index is 0.157. The first kappa shape index (κ1) is 15.1. The van der Waals surface area contributed by atoms with Crippen LogP contribution in [0.15, 0.2) is 18.2 Å². The monoisotopic (exact) mass is 277 g/mol. The second kappa shape index (κ2) is 6.44. The van der Waals surface area contributed by atoms with Gasteiger partial charge >= 0.3 is 0 Å². The van der Waals surface area contributed by atoms with E-state index in [2.05, 4.69) is 43.3 Å². The number of nitrogens with one attached hydrogen (secondary N) is 2. The van der Waals surface area contributed by atoms with E-state index >= 15 is 0 Å². The van der Waals surface area contributed by atoms with Gasteiger partial charge in [-0.1, -0.05) is 26.8 Å². The van der Waals surface area contributed by atoms with Crippen molar-refractivity contribution in [1.29, 1.82) is 0 Å². The van der Waals surface area contributed by atoms with E-state index in [9.17, 15) is 0 Å². The van der Waals surface area contributed by atoms with Crippen LogP contribution in [0.3, 0.4) is 0 Å². The van der Waals surface area contributed by atoms with Crippen molar-refractivity contribution in [2.24, 2.45) is 5.41 Å². The van der Waals surface area contributed by atoms with Crippen LogP contribution in [0.2, 0.25) is 0 Å². The van der Waals surface area contributed by atoms with Crippen LogP contribution in [0, 0.1) is 5.41 Å². The highest BCUT2D eigenvalue weighted by molar-refractivity contribution is 5.46. The molecule has 1 aromatic heterocycles. The molecule has 0 spiro atoms. The lowest BCUT2D eigenvalue weighted by Crippen LogP contribution is -2.58. The highest BCUT2D eigenvalue weighted by atomic mass is 16.5. The summed E-state index contributed by atoms with van der Waals surface area (Å²) < 4.78 is 5.77. The average molecular weight is 277 g/mol. The summed E-state index contributed by atoms with van der Waals surface area (Å²) >= 11 is 0. The van der Waals surface area contributed by atoms with Crippen LogP contribution in [-0.4, -0.2) is 30.3 Å². The normalized spacial score (nSPS) is 24.0. The van der Waals surface area contributed by atoms with Gasteiger partial charge in [0.05, 0.1) is 6.10 Å². The van der Waals surface area contributed by atoms with Crippen LogP contribution in [0.25, 0.3) is 0 Å². The number of aromatic nitrogens is 1. The van der Waals surface area contributed by atoms with Crippen molar-refractivity contribution in [3.63, 3.8) is 0 Å². The molecule has 0 aromatic carbocycles. The largest absolute Gasteiger partial charge is 0.378 e. The van der Waals surface area contributed by atoms with Gasteiger partial charge in [-0.05, 0) is 31.9 Å². The maximum atomic E-state index is 5.77. The van der Waals surface area contributed by atoms with Crippen molar-refractivity contribution in [3.8, 4) is 0 Å². The summed E-state index contributed by atoms with van der Waals surface area (Å²) in [5, 5.41) is 6.86. The van der Waals surface area contributed by atoms with Crippen molar-refractivity contribution >= 4 is 11.6 Å². The molecule has 112 valence electrons. The van der Waals surface area contributed by atoms with Crippen molar-refractivity contribution in [2.45, 2.75) is 52.7 Å². The van der Waals surface area contributed by atoms with E-state index in [1.54, 1.807) is 0 Å². The van der Waals surface area contributed by atoms with Crippen LogP contribution >= 0.6 is 0 Å². The van der Waals surface area contributed by atoms with Crippen LogP contribution < -0.4 is 10.6 Å². The number of anilines is 2. The van der Waals surface area contributed by atoms with Gasteiger partial charge in [-0.2, -0.15) is 0 Å². The predicted molar refractivity (Wildman–Crippen MR) is 84.2 cm³/mol. The molecule has 1 saturated carbocycles. The van der Waals surface area contributed by atoms with Gasteiger partial charge in [-0.3, -0.25) is 0 Å². The zero-order valence-electron chi connectivity index (χ0n) is 13.1. The quantitative estimate of drug-likeness (QED) is 0.800. The number of ether oxygens (including phenoxy) is 1. The number of pyridine rings is 1. The fourth-order valence-electron chi connectivity index (χ4n) is 2.66. The van der Waals surface area contributed by atoms with Crippen molar-refractivity contribution in [3.05, 3.63) is 18.2 Å². The van der Waals surface area contributed by atoms with Gasteiger partial charge in [0.1, 0.15) is 11.6 Å². The summed E-state index contributed by atoms with van der Waals surface area (Å²) in [5.74, 6) is 1.88. The Kier molecular flexibility index (Phi) is 4.86. The molecule has 1 fully saturated rings. The zero-order valence-corrected chi connectivity index (χ0v) is 13.1. The lowest BCUT2D eigenvalue weighted by atomic mass is 9.64. The van der Waals surface area contributed by atoms with E-state index in [0.717, 1.165) is 37.6 Å². The molecule has 1 aliphatic rings. The Labute approximate surface area is 122 Å². The molecule has 2 rings (SSSR count). The molecule has 1 aromatic rings. The van der Waals surface area contributed by atoms with Crippen molar-refractivity contribution < 1.29 is 4.74 Å². The van der Waals surface area contributed by atoms with Crippen LogP contribution in [0.1, 0.15) is 40.5 Å². The number of rotatable bonds is 7. The molecule has 0 aliphatic heterocycles. The summed E-state index contributed by atoms with van der Waals surface area (Å²) in [5.41, 5.74) is 0.157. The predicted octanol–water partition coefficient (Wildman–Crippen LogP) is 3.52. The van der Waals surface area contributed by atoms with Crippen molar-refractivity contribution in [2.75, 3.05) is 23.8 Å². The van der Waals surface area contributed by atoms with Gasteiger partial charge in [-0.15, -0.1) is 0 Å². The second-order valence-corrected chi connectivity index (χ2v) is 6.03. The number of nitrogens with zero attached hydrogens (tertiary/aromatic N) is 1. The molecule has 2 atom stereocenters. The Morgan fingerprint density at radius 1 is 1.30 bits per heavy atom. The highest BCUT2D eigenvalue weighted by Crippen LogP contribution is 2.44. The first-order valence-electron chi connectivity index (χ1n) is 7.67. The van der Waals surface area contributed by atoms with Crippen LogP contribution in [-0.2, 0) is 4.74 Å². The molecule has 0 saturated heterocycles. The van der Waals surface area contributed by atoms with Gasteiger partial charge < -0.3 is 15.4 Å². The van der Waals surface area contributed by atoms with E-state index in [4.69, 9.17) is 4.74 Å². The van der Waals surface area contributed by atoms with E-state index < -0.39 is 0 Å². The lowest BCUT2D eigenvalue weighted by Gasteiger charge is -2.51. The zero-order chi connectivity index (χ0) is 14.6. The Bertz CT molecular complexity index is 433. The fourth-order valence-corrected chi connectivity index (χ4v) is 2.66. The van der Waals surface area contributed by atoms with Crippen LogP contribution in [0.4, 0.5) is 11.6 Å².